The fourth-order valence-electron chi connectivity index (χ4n) is 1.77. The number of anilines is 1. The summed E-state index contributed by atoms with van der Waals surface area (Å²) in [5.41, 5.74) is 6.47. The van der Waals surface area contributed by atoms with Gasteiger partial charge in [-0.05, 0) is 18.2 Å². The Labute approximate surface area is 110 Å². The van der Waals surface area contributed by atoms with Crippen LogP contribution in [0.5, 0.6) is 0 Å². The molecule has 2 amide bonds. The summed E-state index contributed by atoms with van der Waals surface area (Å²) in [5, 5.41) is 0.348. The number of piperazine rings is 1. The Morgan fingerprint density at radius 2 is 2.11 bits per heavy atom. The second-order valence-electron chi connectivity index (χ2n) is 4.28. The number of nitrogen functional groups attached to an aromatic ring is 1. The first-order valence-electron chi connectivity index (χ1n) is 5.57. The molecule has 6 heteroatoms. The number of likely N-dealkylation sites (N-methyl/N-ethyl adjacent to an activating group) is 1. The van der Waals surface area contributed by atoms with Crippen LogP contribution in [0.2, 0.25) is 5.02 Å². The maximum Gasteiger partial charge on any atom is 0.254 e. The largest absolute Gasteiger partial charge is 0.398 e. The molecule has 1 aliphatic rings. The topological polar surface area (TPSA) is 66.6 Å². The first-order chi connectivity index (χ1) is 8.49. The average molecular weight is 268 g/mol. The number of rotatable bonds is 1. The number of nitrogens with two attached hydrogens (primary N) is 1. The molecule has 0 bridgehead atoms. The van der Waals surface area contributed by atoms with Gasteiger partial charge in [0.05, 0.1) is 10.7 Å². The van der Waals surface area contributed by atoms with Crippen molar-refractivity contribution >= 4 is 29.1 Å². The standard InChI is InChI=1S/C12H14ClN3O2/c1-15-4-5-16(7-11(15)17)12(18)8-2-3-10(14)9(13)6-8/h2-3,6H,4-5,7,14H2,1H3. The van der Waals surface area contributed by atoms with Gasteiger partial charge in [0.25, 0.3) is 5.91 Å². The maximum atomic E-state index is 12.2. The lowest BCUT2D eigenvalue weighted by atomic mass is 10.1. The highest BCUT2D eigenvalue weighted by atomic mass is 35.5. The molecular weight excluding hydrogens is 254 g/mol. The van der Waals surface area contributed by atoms with Crippen molar-refractivity contribution in [2.45, 2.75) is 0 Å². The third-order valence-corrected chi connectivity index (χ3v) is 3.32. The summed E-state index contributed by atoms with van der Waals surface area (Å²) < 4.78 is 0. The van der Waals surface area contributed by atoms with Crippen LogP contribution in [0.4, 0.5) is 5.69 Å². The molecule has 2 N–H and O–H groups in total. The van der Waals surface area contributed by atoms with Gasteiger partial charge < -0.3 is 15.5 Å². The molecular formula is C12H14ClN3O2. The summed E-state index contributed by atoms with van der Waals surface area (Å²) in [4.78, 5) is 26.8. The van der Waals surface area contributed by atoms with E-state index in [0.29, 0.717) is 29.4 Å². The van der Waals surface area contributed by atoms with E-state index in [9.17, 15) is 9.59 Å². The van der Waals surface area contributed by atoms with E-state index in [1.807, 2.05) is 0 Å². The predicted molar refractivity (Wildman–Crippen MR) is 69.4 cm³/mol. The average Bonchev–Trinajstić information content (AvgIpc) is 2.35. The monoisotopic (exact) mass is 267 g/mol. The molecule has 0 atom stereocenters. The highest BCUT2D eigenvalue weighted by Gasteiger charge is 2.25. The maximum absolute atomic E-state index is 12.2. The molecule has 1 fully saturated rings. The number of hydrogen-bond acceptors (Lipinski definition) is 3. The zero-order valence-electron chi connectivity index (χ0n) is 10.0. The van der Waals surface area contributed by atoms with Crippen molar-refractivity contribution < 1.29 is 9.59 Å². The molecule has 0 aromatic heterocycles. The summed E-state index contributed by atoms with van der Waals surface area (Å²) in [5.74, 6) is -0.255. The zero-order chi connectivity index (χ0) is 13.3. The lowest BCUT2D eigenvalue weighted by Gasteiger charge is -2.32. The molecule has 1 saturated heterocycles. The summed E-state index contributed by atoms with van der Waals surface area (Å²) in [6.07, 6.45) is 0. The SMILES string of the molecule is CN1CCN(C(=O)c2ccc(N)c(Cl)c2)CC1=O. The van der Waals surface area contributed by atoms with Gasteiger partial charge in [-0.3, -0.25) is 9.59 Å². The van der Waals surface area contributed by atoms with Crippen molar-refractivity contribution in [2.75, 3.05) is 32.4 Å². The van der Waals surface area contributed by atoms with Crippen molar-refractivity contribution in [2.24, 2.45) is 0 Å². The Morgan fingerprint density at radius 3 is 2.72 bits per heavy atom. The van der Waals surface area contributed by atoms with Crippen LogP contribution in [0.25, 0.3) is 0 Å². The Hall–Kier alpha value is -1.75. The number of amides is 2. The van der Waals surface area contributed by atoms with Crippen molar-refractivity contribution in [3.63, 3.8) is 0 Å². The molecule has 0 aliphatic carbocycles. The molecule has 1 aliphatic heterocycles. The van der Waals surface area contributed by atoms with Gasteiger partial charge in [-0.2, -0.15) is 0 Å². The van der Waals surface area contributed by atoms with Crippen LogP contribution in [-0.4, -0.2) is 48.3 Å². The number of carbonyl (C=O) groups is 2. The zero-order valence-corrected chi connectivity index (χ0v) is 10.8. The fourth-order valence-corrected chi connectivity index (χ4v) is 1.96. The van der Waals surface area contributed by atoms with E-state index in [0.717, 1.165) is 0 Å². The number of hydrogen-bond donors (Lipinski definition) is 1. The van der Waals surface area contributed by atoms with E-state index in [1.54, 1.807) is 24.1 Å². The molecule has 1 aromatic carbocycles. The number of benzene rings is 1. The molecule has 0 saturated carbocycles. The van der Waals surface area contributed by atoms with E-state index >= 15 is 0 Å². The summed E-state index contributed by atoms with van der Waals surface area (Å²) in [6, 6.07) is 4.74. The highest BCUT2D eigenvalue weighted by Crippen LogP contribution is 2.21. The predicted octanol–water partition coefficient (Wildman–Crippen LogP) is 0.836. The van der Waals surface area contributed by atoms with Gasteiger partial charge in [0, 0.05) is 25.7 Å². The van der Waals surface area contributed by atoms with Gasteiger partial charge in [-0.25, -0.2) is 0 Å². The number of carbonyl (C=O) groups excluding carboxylic acids is 2. The Balaban J connectivity index is 2.16. The molecule has 5 nitrogen and oxygen atoms in total. The van der Waals surface area contributed by atoms with Gasteiger partial charge in [-0.15, -0.1) is 0 Å². The minimum Gasteiger partial charge on any atom is -0.398 e. The molecule has 0 unspecified atom stereocenters. The van der Waals surface area contributed by atoms with Crippen molar-refractivity contribution in [1.82, 2.24) is 9.80 Å². The third kappa shape index (κ3) is 2.41. The Morgan fingerprint density at radius 1 is 1.39 bits per heavy atom. The van der Waals surface area contributed by atoms with E-state index < -0.39 is 0 Å². The van der Waals surface area contributed by atoms with Gasteiger partial charge in [-0.1, -0.05) is 11.6 Å². The van der Waals surface area contributed by atoms with E-state index in [2.05, 4.69) is 0 Å². The van der Waals surface area contributed by atoms with Crippen molar-refractivity contribution in [3.8, 4) is 0 Å². The van der Waals surface area contributed by atoms with Crippen molar-refractivity contribution in [1.29, 1.82) is 0 Å². The van der Waals surface area contributed by atoms with Gasteiger partial charge in [0.15, 0.2) is 0 Å². The van der Waals surface area contributed by atoms with Gasteiger partial charge in [0.1, 0.15) is 6.54 Å². The molecule has 1 aromatic rings. The number of nitrogens with zero attached hydrogens (tertiary/aromatic N) is 2. The minimum atomic E-state index is -0.196. The lowest BCUT2D eigenvalue weighted by Crippen LogP contribution is -2.50. The molecule has 1 heterocycles. The molecule has 18 heavy (non-hydrogen) atoms. The van der Waals surface area contributed by atoms with Crippen LogP contribution in [0.3, 0.4) is 0 Å². The van der Waals surface area contributed by atoms with Gasteiger partial charge in [0.2, 0.25) is 5.91 Å². The summed E-state index contributed by atoms with van der Waals surface area (Å²) >= 11 is 5.88. The Bertz CT molecular complexity index is 504. The molecule has 0 spiro atoms. The van der Waals surface area contributed by atoms with Gasteiger partial charge >= 0.3 is 0 Å². The molecule has 0 radical (unpaired) electrons. The lowest BCUT2D eigenvalue weighted by molar-refractivity contribution is -0.133. The van der Waals surface area contributed by atoms with Crippen LogP contribution in [0.15, 0.2) is 18.2 Å². The smallest absolute Gasteiger partial charge is 0.254 e. The van der Waals surface area contributed by atoms with E-state index in [4.69, 9.17) is 17.3 Å². The first kappa shape index (κ1) is 12.7. The highest BCUT2D eigenvalue weighted by molar-refractivity contribution is 6.33. The van der Waals surface area contributed by atoms with E-state index in [-0.39, 0.29) is 18.4 Å². The first-order valence-corrected chi connectivity index (χ1v) is 5.95. The third-order valence-electron chi connectivity index (χ3n) is 2.99. The van der Waals surface area contributed by atoms with Crippen LogP contribution in [-0.2, 0) is 4.79 Å². The van der Waals surface area contributed by atoms with Crippen LogP contribution in [0.1, 0.15) is 10.4 Å². The van der Waals surface area contributed by atoms with Crippen LogP contribution in [0, 0.1) is 0 Å². The van der Waals surface area contributed by atoms with Crippen LogP contribution < -0.4 is 5.73 Å². The molecule has 96 valence electrons. The Kier molecular flexibility index (Phi) is 3.43. The van der Waals surface area contributed by atoms with E-state index in [1.165, 1.54) is 11.0 Å². The number of halogens is 1. The second kappa shape index (κ2) is 4.86. The molecule has 2 rings (SSSR count). The minimum absolute atomic E-state index is 0.0591. The normalized spacial score (nSPS) is 16.0. The van der Waals surface area contributed by atoms with Crippen molar-refractivity contribution in [3.05, 3.63) is 28.8 Å². The summed E-state index contributed by atoms with van der Waals surface area (Å²) in [7, 11) is 1.73. The fraction of sp³-hybridized carbons (Fsp3) is 0.333. The van der Waals surface area contributed by atoms with Crippen LogP contribution >= 0.6 is 11.6 Å². The summed E-state index contributed by atoms with van der Waals surface area (Å²) in [6.45, 7) is 1.19. The second-order valence-corrected chi connectivity index (χ2v) is 4.69. The quantitative estimate of drug-likeness (QED) is 0.767.